The molecule has 1 aromatic heterocycles. The van der Waals surface area contributed by atoms with Crippen LogP contribution in [0.5, 0.6) is 0 Å². The van der Waals surface area contributed by atoms with Crippen molar-refractivity contribution in [3.05, 3.63) is 18.0 Å². The third-order valence-corrected chi connectivity index (χ3v) is 4.75. The summed E-state index contributed by atoms with van der Waals surface area (Å²) < 4.78 is 7.62. The van der Waals surface area contributed by atoms with Crippen molar-refractivity contribution >= 4 is 17.5 Å². The molecule has 0 saturated heterocycles. The predicted octanol–water partition coefficient (Wildman–Crippen LogP) is 2.73. The zero-order valence-corrected chi connectivity index (χ0v) is 14.3. The van der Waals surface area contributed by atoms with Crippen molar-refractivity contribution < 1.29 is 9.53 Å². The summed E-state index contributed by atoms with van der Waals surface area (Å²) >= 11 is 5.80. The summed E-state index contributed by atoms with van der Waals surface area (Å²) in [5.74, 6) is -0.0498. The van der Waals surface area contributed by atoms with Crippen LogP contribution in [0.1, 0.15) is 44.1 Å². The molecule has 0 atom stereocenters. The quantitative estimate of drug-likeness (QED) is 0.596. The van der Waals surface area contributed by atoms with Crippen LogP contribution in [-0.4, -0.2) is 45.7 Å². The molecule has 1 fully saturated rings. The second kappa shape index (κ2) is 7.97. The fourth-order valence-electron chi connectivity index (χ4n) is 3.24. The minimum Gasteiger partial charge on any atom is -0.376 e. The number of aromatic nitrogens is 2. The van der Waals surface area contributed by atoms with Crippen LogP contribution in [0.15, 0.2) is 12.4 Å². The molecule has 1 heterocycles. The normalized spacial score (nSPS) is 18.0. The number of amides is 1. The number of carbonyl (C=O) groups excluding carboxylic acids is 1. The van der Waals surface area contributed by atoms with Crippen molar-refractivity contribution in [2.75, 3.05) is 19.5 Å². The van der Waals surface area contributed by atoms with E-state index in [1.807, 2.05) is 18.1 Å². The lowest BCUT2D eigenvalue weighted by Crippen LogP contribution is -2.46. The van der Waals surface area contributed by atoms with Crippen LogP contribution in [0.2, 0.25) is 0 Å². The topological polar surface area (TPSA) is 47.4 Å². The third kappa shape index (κ3) is 4.46. The zero-order valence-electron chi connectivity index (χ0n) is 13.6. The number of carbonyl (C=O) groups is 1. The van der Waals surface area contributed by atoms with Gasteiger partial charge in [-0.05, 0) is 12.8 Å². The Kier molecular flexibility index (Phi) is 6.26. The van der Waals surface area contributed by atoms with Gasteiger partial charge in [-0.3, -0.25) is 9.48 Å². The molecule has 0 spiro atoms. The molecule has 0 unspecified atom stereocenters. The highest BCUT2D eigenvalue weighted by molar-refractivity contribution is 6.27. The van der Waals surface area contributed by atoms with Crippen LogP contribution < -0.4 is 0 Å². The van der Waals surface area contributed by atoms with Gasteiger partial charge in [0.25, 0.3) is 0 Å². The summed E-state index contributed by atoms with van der Waals surface area (Å²) in [6.45, 7) is 1.13. The van der Waals surface area contributed by atoms with E-state index in [0.29, 0.717) is 13.1 Å². The Morgan fingerprint density at radius 3 is 2.59 bits per heavy atom. The molecule has 6 heteroatoms. The first-order valence-electron chi connectivity index (χ1n) is 7.95. The van der Waals surface area contributed by atoms with Crippen molar-refractivity contribution in [1.29, 1.82) is 0 Å². The fourth-order valence-corrected chi connectivity index (χ4v) is 3.41. The summed E-state index contributed by atoms with van der Waals surface area (Å²) in [6.07, 6.45) is 10.5. The first kappa shape index (κ1) is 17.3. The average molecular weight is 328 g/mol. The SMILES string of the molecule is COC1(CN(Cc2cnn(C)c2)C(=O)CCl)CCCCCC1. The Bertz CT molecular complexity index is 481. The Balaban J connectivity index is 2.11. The van der Waals surface area contributed by atoms with Gasteiger partial charge < -0.3 is 9.64 Å². The number of halogens is 1. The van der Waals surface area contributed by atoms with E-state index in [-0.39, 0.29) is 17.4 Å². The number of hydrogen-bond donors (Lipinski definition) is 0. The fraction of sp³-hybridized carbons (Fsp3) is 0.750. The van der Waals surface area contributed by atoms with Crippen molar-refractivity contribution in [2.24, 2.45) is 7.05 Å². The van der Waals surface area contributed by atoms with Gasteiger partial charge in [-0.1, -0.05) is 25.7 Å². The van der Waals surface area contributed by atoms with Gasteiger partial charge in [-0.25, -0.2) is 0 Å². The molecule has 22 heavy (non-hydrogen) atoms. The monoisotopic (exact) mass is 327 g/mol. The number of aryl methyl sites for hydroxylation is 1. The second-order valence-electron chi connectivity index (χ2n) is 6.21. The molecule has 0 aliphatic heterocycles. The van der Waals surface area contributed by atoms with Gasteiger partial charge >= 0.3 is 0 Å². The van der Waals surface area contributed by atoms with E-state index in [0.717, 1.165) is 31.2 Å². The standard InChI is InChI=1S/C16H26ClN3O2/c1-19-11-14(10-18-19)12-20(15(21)9-17)13-16(22-2)7-5-3-4-6-8-16/h10-11H,3-9,12-13H2,1-2H3. The number of alkyl halides is 1. The Labute approximate surface area is 137 Å². The summed E-state index contributed by atoms with van der Waals surface area (Å²) in [5, 5.41) is 4.17. The van der Waals surface area contributed by atoms with Gasteiger partial charge in [-0.2, -0.15) is 5.10 Å². The van der Waals surface area contributed by atoms with Gasteiger partial charge in [0.1, 0.15) is 5.88 Å². The van der Waals surface area contributed by atoms with Crippen LogP contribution in [0, 0.1) is 0 Å². The molecule has 0 bridgehead atoms. The van der Waals surface area contributed by atoms with E-state index >= 15 is 0 Å². The molecule has 124 valence electrons. The van der Waals surface area contributed by atoms with Crippen LogP contribution in [0.4, 0.5) is 0 Å². The molecule has 1 aliphatic carbocycles. The van der Waals surface area contributed by atoms with Crippen LogP contribution in [-0.2, 0) is 23.1 Å². The number of nitrogens with zero attached hydrogens (tertiary/aromatic N) is 3. The second-order valence-corrected chi connectivity index (χ2v) is 6.47. The van der Waals surface area contributed by atoms with Gasteiger partial charge in [0.2, 0.25) is 5.91 Å². The van der Waals surface area contributed by atoms with Crippen LogP contribution >= 0.6 is 11.6 Å². The van der Waals surface area contributed by atoms with Gasteiger partial charge in [-0.15, -0.1) is 11.6 Å². The Morgan fingerprint density at radius 1 is 1.41 bits per heavy atom. The lowest BCUT2D eigenvalue weighted by atomic mass is 9.93. The minimum absolute atomic E-state index is 0.0000560. The molecule has 1 saturated carbocycles. The molecule has 0 N–H and O–H groups in total. The number of rotatable bonds is 6. The van der Waals surface area contributed by atoms with Crippen LogP contribution in [0.25, 0.3) is 0 Å². The predicted molar refractivity (Wildman–Crippen MR) is 86.8 cm³/mol. The molecule has 1 amide bonds. The molecular weight excluding hydrogens is 302 g/mol. The molecule has 0 radical (unpaired) electrons. The van der Waals surface area contributed by atoms with Crippen molar-refractivity contribution in [2.45, 2.75) is 50.7 Å². The summed E-state index contributed by atoms with van der Waals surface area (Å²) in [7, 11) is 3.64. The Morgan fingerprint density at radius 2 is 2.09 bits per heavy atom. The van der Waals surface area contributed by atoms with E-state index in [1.54, 1.807) is 18.0 Å². The summed E-state index contributed by atoms with van der Waals surface area (Å²) in [4.78, 5) is 14.1. The first-order chi connectivity index (χ1) is 10.6. The molecular formula is C16H26ClN3O2. The minimum atomic E-state index is -0.236. The number of hydrogen-bond acceptors (Lipinski definition) is 3. The summed E-state index contributed by atoms with van der Waals surface area (Å²) in [5.41, 5.74) is 0.779. The van der Waals surface area contributed by atoms with Gasteiger partial charge in [0, 0.05) is 32.5 Å². The van der Waals surface area contributed by atoms with E-state index in [9.17, 15) is 4.79 Å². The van der Waals surface area contributed by atoms with Crippen molar-refractivity contribution in [3.8, 4) is 0 Å². The smallest absolute Gasteiger partial charge is 0.237 e. The van der Waals surface area contributed by atoms with Gasteiger partial charge in [0.05, 0.1) is 18.3 Å². The van der Waals surface area contributed by atoms with E-state index < -0.39 is 0 Å². The number of ether oxygens (including phenoxy) is 1. The molecule has 1 aliphatic rings. The summed E-state index contributed by atoms with van der Waals surface area (Å²) in [6, 6.07) is 0. The maximum Gasteiger partial charge on any atom is 0.237 e. The molecule has 5 nitrogen and oxygen atoms in total. The largest absolute Gasteiger partial charge is 0.376 e. The average Bonchev–Trinajstić information content (AvgIpc) is 2.79. The lowest BCUT2D eigenvalue weighted by molar-refractivity contribution is -0.135. The highest BCUT2D eigenvalue weighted by Crippen LogP contribution is 2.31. The maximum absolute atomic E-state index is 12.3. The molecule has 0 aromatic carbocycles. The van der Waals surface area contributed by atoms with Gasteiger partial charge in [0.15, 0.2) is 0 Å². The third-order valence-electron chi connectivity index (χ3n) is 4.53. The van der Waals surface area contributed by atoms with Crippen molar-refractivity contribution in [1.82, 2.24) is 14.7 Å². The van der Waals surface area contributed by atoms with Crippen molar-refractivity contribution in [3.63, 3.8) is 0 Å². The van der Waals surface area contributed by atoms with E-state index in [4.69, 9.17) is 16.3 Å². The highest BCUT2D eigenvalue weighted by Gasteiger charge is 2.34. The number of methoxy groups -OCH3 is 1. The maximum atomic E-state index is 12.3. The van der Waals surface area contributed by atoms with E-state index in [2.05, 4.69) is 5.10 Å². The highest BCUT2D eigenvalue weighted by atomic mass is 35.5. The Hall–Kier alpha value is -1.07. The zero-order chi connectivity index (χ0) is 16.0. The first-order valence-corrected chi connectivity index (χ1v) is 8.48. The van der Waals surface area contributed by atoms with Crippen LogP contribution in [0.3, 0.4) is 0 Å². The molecule has 2 rings (SSSR count). The molecule has 1 aromatic rings. The lowest BCUT2D eigenvalue weighted by Gasteiger charge is -2.36. The van der Waals surface area contributed by atoms with E-state index in [1.165, 1.54) is 12.8 Å².